The van der Waals surface area contributed by atoms with Crippen LogP contribution in [0.5, 0.6) is 5.75 Å². The minimum absolute atomic E-state index is 0.0364. The molecule has 0 aromatic heterocycles. The molecule has 1 aromatic carbocycles. The lowest BCUT2D eigenvalue weighted by Crippen LogP contribution is -2.36. The number of carbonyl (C=O) groups excluding carboxylic acids is 2. The zero-order valence-corrected chi connectivity index (χ0v) is 9.82. The van der Waals surface area contributed by atoms with Gasteiger partial charge in [0.15, 0.2) is 6.61 Å². The van der Waals surface area contributed by atoms with Crippen LogP contribution in [0.1, 0.15) is 13.3 Å². The van der Waals surface area contributed by atoms with Gasteiger partial charge in [-0.15, -0.1) is 0 Å². The molecule has 0 saturated carbocycles. The number of likely N-dealkylation sites (N-methyl/N-ethyl adjacent to an activating group) is 1. The van der Waals surface area contributed by atoms with Gasteiger partial charge >= 0.3 is 0 Å². The van der Waals surface area contributed by atoms with E-state index >= 15 is 0 Å². The highest BCUT2D eigenvalue weighted by atomic mass is 16.5. The first kappa shape index (κ1) is 11.4. The van der Waals surface area contributed by atoms with Crippen LogP contribution >= 0.6 is 0 Å². The molecule has 1 N–H and O–H groups in total. The quantitative estimate of drug-likeness (QED) is 0.841. The van der Waals surface area contributed by atoms with Crippen molar-refractivity contribution in [2.45, 2.75) is 13.3 Å². The van der Waals surface area contributed by atoms with E-state index in [0.29, 0.717) is 23.5 Å². The predicted molar refractivity (Wildman–Crippen MR) is 64.3 cm³/mol. The van der Waals surface area contributed by atoms with Crippen LogP contribution in [0.3, 0.4) is 0 Å². The SMILES string of the molecule is CCC(=O)Nc1cccc2c1N(C)C(=O)CO2. The van der Waals surface area contributed by atoms with E-state index in [0.717, 1.165) is 0 Å². The maximum Gasteiger partial charge on any atom is 0.264 e. The van der Waals surface area contributed by atoms with Crippen molar-refractivity contribution in [3.05, 3.63) is 18.2 Å². The van der Waals surface area contributed by atoms with Crippen molar-refractivity contribution < 1.29 is 14.3 Å². The van der Waals surface area contributed by atoms with Crippen LogP contribution in [0.4, 0.5) is 11.4 Å². The van der Waals surface area contributed by atoms with E-state index in [2.05, 4.69) is 5.32 Å². The number of rotatable bonds is 2. The fourth-order valence-electron chi connectivity index (χ4n) is 1.69. The Hall–Kier alpha value is -2.04. The standard InChI is InChI=1S/C12H14N2O3/c1-3-10(15)13-8-5-4-6-9-12(8)14(2)11(16)7-17-9/h4-6H,3,7H2,1-2H3,(H,13,15). The van der Waals surface area contributed by atoms with Crippen LogP contribution in [0.25, 0.3) is 0 Å². The van der Waals surface area contributed by atoms with Crippen LogP contribution in [0.15, 0.2) is 18.2 Å². The van der Waals surface area contributed by atoms with Crippen LogP contribution in [0, 0.1) is 0 Å². The second-order valence-corrected chi connectivity index (χ2v) is 3.80. The molecule has 0 bridgehead atoms. The fraction of sp³-hybridized carbons (Fsp3) is 0.333. The minimum Gasteiger partial charge on any atom is -0.481 e. The molecule has 17 heavy (non-hydrogen) atoms. The number of carbonyl (C=O) groups is 2. The van der Waals surface area contributed by atoms with E-state index in [1.165, 1.54) is 4.90 Å². The molecule has 0 unspecified atom stereocenters. The second-order valence-electron chi connectivity index (χ2n) is 3.80. The van der Waals surface area contributed by atoms with Crippen LogP contribution in [0.2, 0.25) is 0 Å². The number of fused-ring (bicyclic) bond motifs is 1. The number of hydrogen-bond acceptors (Lipinski definition) is 3. The van der Waals surface area contributed by atoms with Crippen molar-refractivity contribution in [3.63, 3.8) is 0 Å². The number of nitrogens with one attached hydrogen (secondary N) is 1. The molecule has 0 atom stereocenters. The molecule has 5 nitrogen and oxygen atoms in total. The summed E-state index contributed by atoms with van der Waals surface area (Å²) in [6.45, 7) is 1.81. The highest BCUT2D eigenvalue weighted by Crippen LogP contribution is 2.37. The fourth-order valence-corrected chi connectivity index (χ4v) is 1.69. The third-order valence-corrected chi connectivity index (χ3v) is 2.65. The van der Waals surface area contributed by atoms with Gasteiger partial charge in [-0.1, -0.05) is 13.0 Å². The Morgan fingerprint density at radius 1 is 1.53 bits per heavy atom. The summed E-state index contributed by atoms with van der Waals surface area (Å²) < 4.78 is 5.32. The molecule has 0 aliphatic carbocycles. The highest BCUT2D eigenvalue weighted by molar-refractivity contribution is 6.04. The maximum absolute atomic E-state index is 11.6. The molecule has 2 amide bonds. The van der Waals surface area contributed by atoms with E-state index in [-0.39, 0.29) is 18.4 Å². The van der Waals surface area contributed by atoms with Crippen molar-refractivity contribution in [3.8, 4) is 5.75 Å². The van der Waals surface area contributed by atoms with E-state index in [4.69, 9.17) is 4.74 Å². The van der Waals surface area contributed by atoms with Gasteiger partial charge in [-0.25, -0.2) is 0 Å². The summed E-state index contributed by atoms with van der Waals surface area (Å²) in [4.78, 5) is 24.5. The maximum atomic E-state index is 11.6. The molecule has 0 fully saturated rings. The largest absolute Gasteiger partial charge is 0.481 e. The predicted octanol–water partition coefficient (Wildman–Crippen LogP) is 1.39. The minimum atomic E-state index is -0.129. The van der Waals surface area contributed by atoms with Crippen molar-refractivity contribution in [2.24, 2.45) is 0 Å². The van der Waals surface area contributed by atoms with Gasteiger partial charge in [0.25, 0.3) is 5.91 Å². The number of nitrogens with zero attached hydrogens (tertiary/aromatic N) is 1. The van der Waals surface area contributed by atoms with E-state index in [1.54, 1.807) is 32.2 Å². The zero-order chi connectivity index (χ0) is 12.4. The number of amides is 2. The van der Waals surface area contributed by atoms with Crippen LogP contribution in [-0.4, -0.2) is 25.5 Å². The molecule has 0 radical (unpaired) electrons. The Morgan fingerprint density at radius 2 is 2.29 bits per heavy atom. The van der Waals surface area contributed by atoms with E-state index in [9.17, 15) is 9.59 Å². The van der Waals surface area contributed by atoms with Gasteiger partial charge in [-0.05, 0) is 12.1 Å². The summed E-state index contributed by atoms with van der Waals surface area (Å²) in [5, 5.41) is 2.76. The summed E-state index contributed by atoms with van der Waals surface area (Å²) >= 11 is 0. The number of ether oxygens (including phenoxy) is 1. The molecule has 5 heteroatoms. The molecule has 1 aromatic rings. The lowest BCUT2D eigenvalue weighted by Gasteiger charge is -2.28. The molecular formula is C12H14N2O3. The third kappa shape index (κ3) is 2.08. The van der Waals surface area contributed by atoms with E-state index in [1.807, 2.05) is 0 Å². The summed E-state index contributed by atoms with van der Waals surface area (Å²) in [7, 11) is 1.67. The third-order valence-electron chi connectivity index (χ3n) is 2.65. The van der Waals surface area contributed by atoms with Gasteiger partial charge in [0.05, 0.1) is 5.69 Å². The summed E-state index contributed by atoms with van der Waals surface area (Å²) in [5.41, 5.74) is 1.22. The molecule has 1 aliphatic heterocycles. The zero-order valence-electron chi connectivity index (χ0n) is 9.82. The Kier molecular flexibility index (Phi) is 2.99. The summed E-state index contributed by atoms with van der Waals surface area (Å²) in [5.74, 6) is 0.390. The molecule has 2 rings (SSSR count). The van der Waals surface area contributed by atoms with Crippen molar-refractivity contribution >= 4 is 23.2 Å². The highest BCUT2D eigenvalue weighted by Gasteiger charge is 2.25. The Bertz CT molecular complexity index is 471. The number of para-hydroxylation sites is 1. The number of hydrogen-bond donors (Lipinski definition) is 1. The summed E-state index contributed by atoms with van der Waals surface area (Å²) in [6, 6.07) is 5.32. The molecular weight excluding hydrogens is 220 g/mol. The molecule has 0 saturated heterocycles. The van der Waals surface area contributed by atoms with Crippen LogP contribution in [-0.2, 0) is 9.59 Å². The van der Waals surface area contributed by atoms with Gasteiger partial charge in [-0.2, -0.15) is 0 Å². The first-order valence-corrected chi connectivity index (χ1v) is 5.45. The van der Waals surface area contributed by atoms with Gasteiger partial charge in [0.2, 0.25) is 5.91 Å². The van der Waals surface area contributed by atoms with Crippen molar-refractivity contribution in [2.75, 3.05) is 23.9 Å². The lowest BCUT2D eigenvalue weighted by atomic mass is 10.2. The second kappa shape index (κ2) is 4.45. The smallest absolute Gasteiger partial charge is 0.264 e. The molecule has 1 aliphatic rings. The van der Waals surface area contributed by atoms with Crippen molar-refractivity contribution in [1.82, 2.24) is 0 Å². The summed E-state index contributed by atoms with van der Waals surface area (Å²) in [6.07, 6.45) is 0.391. The lowest BCUT2D eigenvalue weighted by molar-refractivity contribution is -0.121. The number of anilines is 2. The van der Waals surface area contributed by atoms with Gasteiger partial charge < -0.3 is 15.0 Å². The van der Waals surface area contributed by atoms with Gasteiger partial charge in [0.1, 0.15) is 11.4 Å². The van der Waals surface area contributed by atoms with Gasteiger partial charge in [-0.3, -0.25) is 9.59 Å². The van der Waals surface area contributed by atoms with Crippen molar-refractivity contribution in [1.29, 1.82) is 0 Å². The first-order valence-electron chi connectivity index (χ1n) is 5.45. The average Bonchev–Trinajstić information content (AvgIpc) is 2.34. The normalized spacial score (nSPS) is 14.0. The Labute approximate surface area is 99.4 Å². The molecule has 90 valence electrons. The molecule has 0 spiro atoms. The Morgan fingerprint density at radius 3 is 3.00 bits per heavy atom. The average molecular weight is 234 g/mol. The van der Waals surface area contributed by atoms with Gasteiger partial charge in [0, 0.05) is 13.5 Å². The van der Waals surface area contributed by atoms with Crippen LogP contribution < -0.4 is 15.0 Å². The first-order chi connectivity index (χ1) is 8.13. The topological polar surface area (TPSA) is 58.6 Å². The molecule has 1 heterocycles. The monoisotopic (exact) mass is 234 g/mol. The Balaban J connectivity index is 2.41. The number of benzene rings is 1. The van der Waals surface area contributed by atoms with E-state index < -0.39 is 0 Å².